The van der Waals surface area contributed by atoms with Crippen LogP contribution in [0.3, 0.4) is 0 Å². The SMILES string of the molecule is Cc1nn(C)c(CC(C(=O)O)c2ccc(Cl)cc2)c1Cl. The van der Waals surface area contributed by atoms with Crippen LogP contribution in [0, 0.1) is 6.92 Å². The van der Waals surface area contributed by atoms with Gasteiger partial charge in [-0.2, -0.15) is 5.10 Å². The number of hydrogen-bond acceptors (Lipinski definition) is 2. The van der Waals surface area contributed by atoms with E-state index in [1.165, 1.54) is 0 Å². The Balaban J connectivity index is 2.35. The van der Waals surface area contributed by atoms with E-state index in [0.29, 0.717) is 27.0 Å². The van der Waals surface area contributed by atoms with Crippen LogP contribution in [0.25, 0.3) is 0 Å². The first kappa shape index (κ1) is 14.9. The first-order valence-corrected chi connectivity index (χ1v) is 6.82. The summed E-state index contributed by atoms with van der Waals surface area (Å²) >= 11 is 12.0. The number of carboxylic acids is 1. The lowest BCUT2D eigenvalue weighted by Crippen LogP contribution is -2.16. The number of nitrogens with zero attached hydrogens (tertiary/aromatic N) is 2. The van der Waals surface area contributed by atoms with E-state index in [4.69, 9.17) is 23.2 Å². The van der Waals surface area contributed by atoms with Gasteiger partial charge in [-0.1, -0.05) is 35.3 Å². The highest BCUT2D eigenvalue weighted by atomic mass is 35.5. The van der Waals surface area contributed by atoms with Crippen molar-refractivity contribution in [3.8, 4) is 0 Å². The van der Waals surface area contributed by atoms with Crippen molar-refractivity contribution < 1.29 is 9.90 Å². The Morgan fingerprint density at radius 1 is 1.35 bits per heavy atom. The molecule has 0 spiro atoms. The zero-order valence-corrected chi connectivity index (χ0v) is 12.6. The molecule has 0 saturated heterocycles. The van der Waals surface area contributed by atoms with Gasteiger partial charge in [-0.25, -0.2) is 0 Å². The fraction of sp³-hybridized carbons (Fsp3) is 0.286. The van der Waals surface area contributed by atoms with Crippen molar-refractivity contribution in [2.24, 2.45) is 7.05 Å². The van der Waals surface area contributed by atoms with Crippen molar-refractivity contribution in [3.63, 3.8) is 0 Å². The van der Waals surface area contributed by atoms with Gasteiger partial charge in [-0.3, -0.25) is 9.48 Å². The van der Waals surface area contributed by atoms with Crippen LogP contribution in [0.15, 0.2) is 24.3 Å². The highest BCUT2D eigenvalue weighted by molar-refractivity contribution is 6.32. The fourth-order valence-electron chi connectivity index (χ4n) is 2.14. The lowest BCUT2D eigenvalue weighted by molar-refractivity contribution is -0.138. The summed E-state index contributed by atoms with van der Waals surface area (Å²) in [5, 5.41) is 14.7. The van der Waals surface area contributed by atoms with Crippen LogP contribution in [0.4, 0.5) is 0 Å². The Kier molecular flexibility index (Phi) is 4.35. The Morgan fingerprint density at radius 2 is 1.95 bits per heavy atom. The van der Waals surface area contributed by atoms with Crippen LogP contribution in [-0.2, 0) is 18.3 Å². The fourth-order valence-corrected chi connectivity index (χ4v) is 2.50. The first-order chi connectivity index (χ1) is 9.40. The summed E-state index contributed by atoms with van der Waals surface area (Å²) in [6.07, 6.45) is 0.285. The van der Waals surface area contributed by atoms with Crippen molar-refractivity contribution in [3.05, 3.63) is 51.3 Å². The average molecular weight is 313 g/mol. The van der Waals surface area contributed by atoms with Crippen LogP contribution in [-0.4, -0.2) is 20.9 Å². The number of aliphatic carboxylic acids is 1. The summed E-state index contributed by atoms with van der Waals surface area (Å²) in [6.45, 7) is 1.80. The van der Waals surface area contributed by atoms with E-state index < -0.39 is 11.9 Å². The molecule has 1 heterocycles. The second-order valence-electron chi connectivity index (χ2n) is 4.62. The number of halogens is 2. The molecule has 1 unspecified atom stereocenters. The Bertz CT molecular complexity index is 635. The molecule has 0 aliphatic rings. The van der Waals surface area contributed by atoms with Gasteiger partial charge >= 0.3 is 5.97 Å². The third-order valence-corrected chi connectivity index (χ3v) is 3.97. The van der Waals surface area contributed by atoms with Crippen LogP contribution >= 0.6 is 23.2 Å². The number of rotatable bonds is 4. The van der Waals surface area contributed by atoms with E-state index in [0.717, 1.165) is 0 Å². The standard InChI is InChI=1S/C14H14Cl2N2O2/c1-8-13(16)12(18(2)17-8)7-11(14(19)20)9-3-5-10(15)6-4-9/h3-6,11H,7H2,1-2H3,(H,19,20). The molecule has 0 amide bonds. The van der Waals surface area contributed by atoms with E-state index in [2.05, 4.69) is 5.10 Å². The maximum atomic E-state index is 11.5. The predicted molar refractivity (Wildman–Crippen MR) is 78.5 cm³/mol. The van der Waals surface area contributed by atoms with E-state index >= 15 is 0 Å². The summed E-state index contributed by atoms with van der Waals surface area (Å²) in [6, 6.07) is 6.81. The van der Waals surface area contributed by atoms with E-state index in [1.54, 1.807) is 42.9 Å². The maximum absolute atomic E-state index is 11.5. The predicted octanol–water partition coefficient (Wildman–Crippen LogP) is 3.45. The monoisotopic (exact) mass is 312 g/mol. The van der Waals surface area contributed by atoms with Crippen molar-refractivity contribution in [2.75, 3.05) is 0 Å². The summed E-state index contributed by atoms with van der Waals surface area (Å²) < 4.78 is 1.63. The molecule has 4 nitrogen and oxygen atoms in total. The molecule has 0 fully saturated rings. The molecule has 1 N–H and O–H groups in total. The quantitative estimate of drug-likeness (QED) is 0.940. The smallest absolute Gasteiger partial charge is 0.311 e. The molecule has 0 bridgehead atoms. The Hall–Kier alpha value is -1.52. The minimum atomic E-state index is -0.901. The zero-order chi connectivity index (χ0) is 14.9. The van der Waals surface area contributed by atoms with Crippen molar-refractivity contribution in [1.82, 2.24) is 9.78 Å². The molecule has 2 rings (SSSR count). The zero-order valence-electron chi connectivity index (χ0n) is 11.1. The van der Waals surface area contributed by atoms with E-state index in [9.17, 15) is 9.90 Å². The maximum Gasteiger partial charge on any atom is 0.311 e. The van der Waals surface area contributed by atoms with Crippen molar-refractivity contribution in [2.45, 2.75) is 19.3 Å². The van der Waals surface area contributed by atoms with Gasteiger partial charge < -0.3 is 5.11 Å². The van der Waals surface area contributed by atoms with Crippen molar-refractivity contribution >= 4 is 29.2 Å². The van der Waals surface area contributed by atoms with E-state index in [1.807, 2.05) is 0 Å². The molecule has 0 saturated carbocycles. The second-order valence-corrected chi connectivity index (χ2v) is 5.43. The largest absolute Gasteiger partial charge is 0.481 e. The van der Waals surface area contributed by atoms with Gasteiger partial charge in [0.15, 0.2) is 0 Å². The third kappa shape index (κ3) is 2.97. The minimum absolute atomic E-state index is 0.285. The molecule has 0 aliphatic heterocycles. The number of carbonyl (C=O) groups is 1. The Morgan fingerprint density at radius 3 is 2.40 bits per heavy atom. The van der Waals surface area contributed by atoms with Crippen LogP contribution in [0.2, 0.25) is 10.0 Å². The van der Waals surface area contributed by atoms with Gasteiger partial charge in [-0.05, 0) is 24.6 Å². The molecule has 0 radical (unpaired) electrons. The molecule has 1 aromatic carbocycles. The number of carboxylic acid groups (broad SMARTS) is 1. The van der Waals surface area contributed by atoms with Crippen LogP contribution in [0.5, 0.6) is 0 Å². The number of aromatic nitrogens is 2. The number of benzene rings is 1. The number of hydrogen-bond donors (Lipinski definition) is 1. The lowest BCUT2D eigenvalue weighted by Gasteiger charge is -2.13. The van der Waals surface area contributed by atoms with Crippen molar-refractivity contribution in [1.29, 1.82) is 0 Å². The van der Waals surface area contributed by atoms with Gasteiger partial charge in [0.25, 0.3) is 0 Å². The second kappa shape index (κ2) is 5.85. The summed E-state index contributed by atoms with van der Waals surface area (Å²) in [5.41, 5.74) is 2.10. The van der Waals surface area contributed by atoms with Gasteiger partial charge in [0.1, 0.15) is 0 Å². The average Bonchev–Trinajstić information content (AvgIpc) is 2.62. The van der Waals surface area contributed by atoms with Crippen LogP contribution in [0.1, 0.15) is 22.9 Å². The molecular formula is C14H14Cl2N2O2. The molecule has 106 valence electrons. The molecule has 2 aromatic rings. The molecule has 0 aliphatic carbocycles. The summed E-state index contributed by atoms with van der Waals surface area (Å²) in [7, 11) is 1.76. The Labute approximate surface area is 126 Å². The minimum Gasteiger partial charge on any atom is -0.481 e. The lowest BCUT2D eigenvalue weighted by atomic mass is 9.94. The topological polar surface area (TPSA) is 55.1 Å². The van der Waals surface area contributed by atoms with Gasteiger partial charge in [0.05, 0.1) is 22.3 Å². The molecule has 20 heavy (non-hydrogen) atoms. The van der Waals surface area contributed by atoms with Gasteiger partial charge in [-0.15, -0.1) is 0 Å². The van der Waals surface area contributed by atoms with E-state index in [-0.39, 0.29) is 6.42 Å². The van der Waals surface area contributed by atoms with Crippen LogP contribution < -0.4 is 0 Å². The summed E-state index contributed by atoms with van der Waals surface area (Å²) in [5.74, 6) is -1.58. The third-order valence-electron chi connectivity index (χ3n) is 3.23. The molecular weight excluding hydrogens is 299 g/mol. The normalized spacial score (nSPS) is 12.4. The molecule has 1 aromatic heterocycles. The highest BCUT2D eigenvalue weighted by Gasteiger charge is 2.24. The summed E-state index contributed by atoms with van der Waals surface area (Å²) in [4.78, 5) is 11.5. The van der Waals surface area contributed by atoms with Gasteiger partial charge in [0.2, 0.25) is 0 Å². The molecule has 6 heteroatoms. The van der Waals surface area contributed by atoms with Gasteiger partial charge in [0, 0.05) is 18.5 Å². The number of aryl methyl sites for hydroxylation is 2. The molecule has 1 atom stereocenters. The highest BCUT2D eigenvalue weighted by Crippen LogP contribution is 2.28. The first-order valence-electron chi connectivity index (χ1n) is 6.06.